The Morgan fingerprint density at radius 3 is 2.47 bits per heavy atom. The van der Waals surface area contributed by atoms with Crippen molar-refractivity contribution >= 4 is 21.8 Å². The van der Waals surface area contributed by atoms with Crippen LogP contribution >= 0.6 is 0 Å². The van der Waals surface area contributed by atoms with Crippen molar-refractivity contribution in [3.05, 3.63) is 30.3 Å². The number of nitrogens with zero attached hydrogens (tertiary/aromatic N) is 2. The SMILES string of the molecule is COC(=O)N(c1ccccc1)S(=O)(=O)CC#N. The summed E-state index contributed by atoms with van der Waals surface area (Å²) in [4.78, 5) is 11.4. The first-order chi connectivity index (χ1) is 8.03. The van der Waals surface area contributed by atoms with E-state index in [1.807, 2.05) is 0 Å². The largest absolute Gasteiger partial charge is 0.452 e. The number of benzene rings is 1. The highest BCUT2D eigenvalue weighted by Crippen LogP contribution is 2.18. The number of carbonyl (C=O) groups excluding carboxylic acids is 1. The fourth-order valence-corrected chi connectivity index (χ4v) is 2.21. The lowest BCUT2D eigenvalue weighted by Gasteiger charge is -2.19. The number of ether oxygens (including phenoxy) is 1. The molecule has 0 aliphatic carbocycles. The van der Waals surface area contributed by atoms with Crippen LogP contribution in [0, 0.1) is 11.3 Å². The van der Waals surface area contributed by atoms with Gasteiger partial charge in [0.05, 0.1) is 18.9 Å². The molecule has 0 aromatic heterocycles. The molecule has 0 radical (unpaired) electrons. The van der Waals surface area contributed by atoms with Crippen LogP contribution in [0.15, 0.2) is 30.3 Å². The second-order valence-electron chi connectivity index (χ2n) is 2.98. The summed E-state index contributed by atoms with van der Waals surface area (Å²) < 4.78 is 28.3. The minimum Gasteiger partial charge on any atom is -0.452 e. The molecule has 0 aliphatic rings. The molecular formula is C10H10N2O4S. The highest BCUT2D eigenvalue weighted by atomic mass is 32.2. The summed E-state index contributed by atoms with van der Waals surface area (Å²) in [7, 11) is -2.97. The van der Waals surface area contributed by atoms with Crippen LogP contribution in [0.4, 0.5) is 10.5 Å². The molecule has 0 heterocycles. The van der Waals surface area contributed by atoms with Gasteiger partial charge in [0.2, 0.25) is 0 Å². The number of anilines is 1. The van der Waals surface area contributed by atoms with Gasteiger partial charge in [-0.2, -0.15) is 9.57 Å². The molecular weight excluding hydrogens is 244 g/mol. The van der Waals surface area contributed by atoms with Gasteiger partial charge in [0.25, 0.3) is 10.0 Å². The molecule has 0 aliphatic heterocycles. The van der Waals surface area contributed by atoms with Crippen molar-refractivity contribution in [1.29, 1.82) is 5.26 Å². The summed E-state index contributed by atoms with van der Waals surface area (Å²) in [5.41, 5.74) is 0.134. The van der Waals surface area contributed by atoms with Crippen LogP contribution < -0.4 is 4.31 Å². The molecule has 7 heteroatoms. The minimum absolute atomic E-state index is 0.134. The lowest BCUT2D eigenvalue weighted by molar-refractivity contribution is 0.183. The van der Waals surface area contributed by atoms with Crippen molar-refractivity contribution in [3.63, 3.8) is 0 Å². The molecule has 1 amide bonds. The average molecular weight is 254 g/mol. The summed E-state index contributed by atoms with van der Waals surface area (Å²) in [5.74, 6) is -0.795. The van der Waals surface area contributed by atoms with Crippen LogP contribution in [0.3, 0.4) is 0 Å². The van der Waals surface area contributed by atoms with E-state index in [2.05, 4.69) is 4.74 Å². The predicted molar refractivity (Wildman–Crippen MR) is 60.7 cm³/mol. The number of hydrogen-bond acceptors (Lipinski definition) is 5. The summed E-state index contributed by atoms with van der Waals surface area (Å²) in [6.07, 6.45) is -1.05. The lowest BCUT2D eigenvalue weighted by atomic mass is 10.3. The molecule has 1 aromatic rings. The zero-order valence-corrected chi connectivity index (χ0v) is 9.85. The number of carbonyl (C=O) groups is 1. The van der Waals surface area contributed by atoms with Crippen LogP contribution in [0.1, 0.15) is 0 Å². The maximum absolute atomic E-state index is 11.7. The quantitative estimate of drug-likeness (QED) is 0.806. The Balaban J connectivity index is 3.25. The molecule has 1 rings (SSSR count). The number of amides is 1. The molecule has 17 heavy (non-hydrogen) atoms. The summed E-state index contributed by atoms with van der Waals surface area (Å²) in [5, 5.41) is 8.44. The van der Waals surface area contributed by atoms with Crippen molar-refractivity contribution in [2.24, 2.45) is 0 Å². The third kappa shape index (κ3) is 2.95. The molecule has 0 saturated carbocycles. The predicted octanol–water partition coefficient (Wildman–Crippen LogP) is 1.11. The molecule has 0 saturated heterocycles. The van der Waals surface area contributed by atoms with E-state index in [-0.39, 0.29) is 5.69 Å². The monoisotopic (exact) mass is 254 g/mol. The topological polar surface area (TPSA) is 87.5 Å². The molecule has 1 aromatic carbocycles. The van der Waals surface area contributed by atoms with Gasteiger partial charge in [0.15, 0.2) is 5.75 Å². The second-order valence-corrected chi connectivity index (χ2v) is 4.80. The van der Waals surface area contributed by atoms with Gasteiger partial charge >= 0.3 is 6.09 Å². The van der Waals surface area contributed by atoms with Crippen molar-refractivity contribution in [3.8, 4) is 6.07 Å². The fraction of sp³-hybridized carbons (Fsp3) is 0.200. The molecule has 90 valence electrons. The van der Waals surface area contributed by atoms with Crippen molar-refractivity contribution in [1.82, 2.24) is 0 Å². The van der Waals surface area contributed by atoms with Gasteiger partial charge in [-0.15, -0.1) is 0 Å². The Morgan fingerprint density at radius 1 is 1.41 bits per heavy atom. The maximum Gasteiger partial charge on any atom is 0.428 e. The smallest absolute Gasteiger partial charge is 0.428 e. The number of methoxy groups -OCH3 is 1. The summed E-state index contributed by atoms with van der Waals surface area (Å²) >= 11 is 0. The molecule has 6 nitrogen and oxygen atoms in total. The van der Waals surface area contributed by atoms with E-state index in [4.69, 9.17) is 5.26 Å². The standard InChI is InChI=1S/C10H10N2O4S/c1-16-10(13)12(17(14,15)8-7-11)9-5-3-2-4-6-9/h2-6H,8H2,1H3. The number of nitriles is 1. The molecule has 0 atom stereocenters. The van der Waals surface area contributed by atoms with Gasteiger partial charge in [-0.3, -0.25) is 0 Å². The van der Waals surface area contributed by atoms with E-state index >= 15 is 0 Å². The van der Waals surface area contributed by atoms with Gasteiger partial charge in [-0.25, -0.2) is 13.2 Å². The Kier molecular flexibility index (Phi) is 4.06. The first kappa shape index (κ1) is 13.0. The Hall–Kier alpha value is -2.07. The lowest BCUT2D eigenvalue weighted by Crippen LogP contribution is -2.38. The maximum atomic E-state index is 11.7. The first-order valence-electron chi connectivity index (χ1n) is 4.56. The molecule has 0 bridgehead atoms. The first-order valence-corrected chi connectivity index (χ1v) is 6.17. The third-order valence-corrected chi connectivity index (χ3v) is 3.27. The highest BCUT2D eigenvalue weighted by molar-refractivity contribution is 7.93. The molecule has 0 spiro atoms. The molecule has 0 unspecified atom stereocenters. The summed E-state index contributed by atoms with van der Waals surface area (Å²) in [6, 6.07) is 9.20. The number of rotatable bonds is 3. The van der Waals surface area contributed by atoms with Crippen LogP contribution in [0.25, 0.3) is 0 Å². The number of hydrogen-bond donors (Lipinski definition) is 0. The minimum atomic E-state index is -4.04. The number of sulfonamides is 1. The Bertz CT molecular complexity index is 533. The van der Waals surface area contributed by atoms with Gasteiger partial charge in [0, 0.05) is 0 Å². The van der Waals surface area contributed by atoms with Crippen LogP contribution in [0.5, 0.6) is 0 Å². The second kappa shape index (κ2) is 5.32. The average Bonchev–Trinajstić information content (AvgIpc) is 2.30. The van der Waals surface area contributed by atoms with Crippen molar-refractivity contribution in [2.75, 3.05) is 17.2 Å². The van der Waals surface area contributed by atoms with E-state index in [1.165, 1.54) is 18.2 Å². The highest BCUT2D eigenvalue weighted by Gasteiger charge is 2.29. The van der Waals surface area contributed by atoms with Crippen molar-refractivity contribution in [2.45, 2.75) is 0 Å². The van der Waals surface area contributed by atoms with Crippen LogP contribution in [0.2, 0.25) is 0 Å². The zero-order valence-electron chi connectivity index (χ0n) is 9.03. The third-order valence-electron chi connectivity index (χ3n) is 1.86. The van der Waals surface area contributed by atoms with E-state index in [0.29, 0.717) is 4.31 Å². The summed E-state index contributed by atoms with van der Waals surface area (Å²) in [6.45, 7) is 0. The Labute approximate surface area is 99.1 Å². The van der Waals surface area contributed by atoms with Crippen molar-refractivity contribution < 1.29 is 17.9 Å². The molecule has 0 N–H and O–H groups in total. The van der Waals surface area contributed by atoms with E-state index in [0.717, 1.165) is 7.11 Å². The van der Waals surface area contributed by atoms with Gasteiger partial charge in [-0.05, 0) is 12.1 Å². The number of para-hydroxylation sites is 1. The van der Waals surface area contributed by atoms with E-state index in [1.54, 1.807) is 18.2 Å². The van der Waals surface area contributed by atoms with Crippen LogP contribution in [-0.2, 0) is 14.8 Å². The van der Waals surface area contributed by atoms with Gasteiger partial charge in [0.1, 0.15) is 0 Å². The van der Waals surface area contributed by atoms with Gasteiger partial charge in [-0.1, -0.05) is 18.2 Å². The normalized spacial score (nSPS) is 10.4. The van der Waals surface area contributed by atoms with E-state index in [9.17, 15) is 13.2 Å². The van der Waals surface area contributed by atoms with E-state index < -0.39 is 21.9 Å². The zero-order chi connectivity index (χ0) is 12.9. The Morgan fingerprint density at radius 2 is 2.00 bits per heavy atom. The molecule has 0 fully saturated rings. The van der Waals surface area contributed by atoms with Crippen LogP contribution in [-0.4, -0.2) is 27.4 Å². The fourth-order valence-electron chi connectivity index (χ4n) is 1.17. The van der Waals surface area contributed by atoms with Gasteiger partial charge < -0.3 is 4.74 Å².